The average molecular weight is 408 g/mol. The zero-order valence-corrected chi connectivity index (χ0v) is 15.7. The molecule has 6 heteroatoms. The average Bonchev–Trinajstić information content (AvgIpc) is 3.11. The van der Waals surface area contributed by atoms with Crippen molar-refractivity contribution in [1.82, 2.24) is 4.90 Å². The van der Waals surface area contributed by atoms with Gasteiger partial charge in [-0.2, -0.15) is 0 Å². The number of carbonyl (C=O) groups is 1. The van der Waals surface area contributed by atoms with E-state index in [2.05, 4.69) is 20.8 Å². The van der Waals surface area contributed by atoms with Crippen molar-refractivity contribution in [3.63, 3.8) is 0 Å². The Bertz CT molecular complexity index is 694. The number of carbonyl (C=O) groups excluding carboxylic acids is 1. The summed E-state index contributed by atoms with van der Waals surface area (Å²) in [5.74, 6) is 1.09. The van der Waals surface area contributed by atoms with Crippen LogP contribution in [0, 0.1) is 0 Å². The zero-order valence-electron chi connectivity index (χ0n) is 14.1. The first-order chi connectivity index (χ1) is 12.2. The molecule has 1 saturated heterocycles. The highest BCUT2D eigenvalue weighted by molar-refractivity contribution is 9.10. The smallest absolute Gasteiger partial charge is 0.374 e. The number of halogens is 1. The molecule has 2 heterocycles. The molecule has 0 bridgehead atoms. The topological polar surface area (TPSA) is 51.9 Å². The van der Waals surface area contributed by atoms with Crippen LogP contribution in [0.3, 0.4) is 0 Å². The molecule has 0 unspecified atom stereocenters. The third-order valence-corrected chi connectivity index (χ3v) is 4.81. The minimum atomic E-state index is -0.427. The van der Waals surface area contributed by atoms with Crippen LogP contribution >= 0.6 is 15.9 Å². The monoisotopic (exact) mass is 407 g/mol. The fraction of sp³-hybridized carbons (Fsp3) is 0.421. The van der Waals surface area contributed by atoms with Crippen molar-refractivity contribution in [1.29, 1.82) is 0 Å². The standard InChI is InChI=1S/C19H22BrNO4/c20-16-6-2-3-7-17(16)24-14-15-8-9-18(25-15)19(22)23-13-12-21-10-4-1-5-11-21/h2-3,6-9H,1,4-5,10-14H2. The molecule has 1 aliphatic heterocycles. The van der Waals surface area contributed by atoms with Crippen molar-refractivity contribution in [2.45, 2.75) is 25.9 Å². The van der Waals surface area contributed by atoms with E-state index >= 15 is 0 Å². The molecule has 3 rings (SSSR count). The van der Waals surface area contributed by atoms with Crippen molar-refractivity contribution < 1.29 is 18.7 Å². The van der Waals surface area contributed by atoms with Gasteiger partial charge in [-0.15, -0.1) is 0 Å². The molecule has 0 radical (unpaired) electrons. The van der Waals surface area contributed by atoms with E-state index in [1.165, 1.54) is 19.3 Å². The van der Waals surface area contributed by atoms with Crippen molar-refractivity contribution in [3.05, 3.63) is 52.4 Å². The predicted octanol–water partition coefficient (Wildman–Crippen LogP) is 4.26. The SMILES string of the molecule is O=C(OCCN1CCCCC1)c1ccc(COc2ccccc2Br)o1. The van der Waals surface area contributed by atoms with Crippen LogP contribution in [-0.2, 0) is 11.3 Å². The Labute approximate surface area is 156 Å². The molecule has 2 aromatic rings. The second kappa shape index (κ2) is 9.06. The third-order valence-electron chi connectivity index (χ3n) is 4.16. The number of hydrogen-bond donors (Lipinski definition) is 0. The fourth-order valence-corrected chi connectivity index (χ4v) is 3.20. The molecule has 0 amide bonds. The Hall–Kier alpha value is -1.79. The highest BCUT2D eigenvalue weighted by atomic mass is 79.9. The van der Waals surface area contributed by atoms with E-state index in [0.717, 1.165) is 29.9 Å². The number of furan rings is 1. The minimum Gasteiger partial charge on any atom is -0.484 e. The van der Waals surface area contributed by atoms with Crippen LogP contribution in [0.15, 0.2) is 45.3 Å². The number of para-hydroxylation sites is 1. The van der Waals surface area contributed by atoms with Gasteiger partial charge in [0.2, 0.25) is 5.76 Å². The number of esters is 1. The Balaban J connectivity index is 1.44. The minimum absolute atomic E-state index is 0.212. The number of benzene rings is 1. The van der Waals surface area contributed by atoms with Gasteiger partial charge in [0.05, 0.1) is 4.47 Å². The summed E-state index contributed by atoms with van der Waals surface area (Å²) in [4.78, 5) is 14.4. The molecule has 0 N–H and O–H groups in total. The van der Waals surface area contributed by atoms with E-state index < -0.39 is 5.97 Å². The van der Waals surface area contributed by atoms with Gasteiger partial charge in [-0.1, -0.05) is 18.6 Å². The maximum atomic E-state index is 12.0. The normalized spacial score (nSPS) is 15.1. The third kappa shape index (κ3) is 5.34. The molecule has 25 heavy (non-hydrogen) atoms. The van der Waals surface area contributed by atoms with Gasteiger partial charge in [0, 0.05) is 6.54 Å². The summed E-state index contributed by atoms with van der Waals surface area (Å²) in [5.41, 5.74) is 0. The van der Waals surface area contributed by atoms with Gasteiger partial charge in [-0.3, -0.25) is 4.90 Å². The lowest BCUT2D eigenvalue weighted by Crippen LogP contribution is -2.33. The van der Waals surface area contributed by atoms with Crippen LogP contribution in [0.25, 0.3) is 0 Å². The van der Waals surface area contributed by atoms with E-state index in [4.69, 9.17) is 13.9 Å². The summed E-state index contributed by atoms with van der Waals surface area (Å²) in [7, 11) is 0. The number of hydrogen-bond acceptors (Lipinski definition) is 5. The summed E-state index contributed by atoms with van der Waals surface area (Å²) in [6, 6.07) is 10.9. The number of rotatable bonds is 7. The number of nitrogens with zero attached hydrogens (tertiary/aromatic N) is 1. The van der Waals surface area contributed by atoms with E-state index in [9.17, 15) is 4.79 Å². The van der Waals surface area contributed by atoms with Gasteiger partial charge in [0.15, 0.2) is 0 Å². The van der Waals surface area contributed by atoms with Crippen LogP contribution in [0.4, 0.5) is 0 Å². The van der Waals surface area contributed by atoms with Gasteiger partial charge in [0.1, 0.15) is 24.7 Å². The Morgan fingerprint density at radius 2 is 1.92 bits per heavy atom. The fourth-order valence-electron chi connectivity index (χ4n) is 2.80. The number of piperidine rings is 1. The van der Waals surface area contributed by atoms with Gasteiger partial charge >= 0.3 is 5.97 Å². The first-order valence-electron chi connectivity index (χ1n) is 8.58. The molecule has 0 atom stereocenters. The van der Waals surface area contributed by atoms with Gasteiger partial charge < -0.3 is 13.9 Å². The Morgan fingerprint density at radius 3 is 2.72 bits per heavy atom. The van der Waals surface area contributed by atoms with Crippen LogP contribution in [0.1, 0.15) is 35.6 Å². The highest BCUT2D eigenvalue weighted by Gasteiger charge is 2.15. The quantitative estimate of drug-likeness (QED) is 0.641. The predicted molar refractivity (Wildman–Crippen MR) is 97.8 cm³/mol. The van der Waals surface area contributed by atoms with Crippen LogP contribution in [-0.4, -0.2) is 37.1 Å². The van der Waals surface area contributed by atoms with Gasteiger partial charge in [-0.05, 0) is 66.1 Å². The molecule has 0 saturated carbocycles. The molecule has 0 aliphatic carbocycles. The van der Waals surface area contributed by atoms with Crippen molar-refractivity contribution >= 4 is 21.9 Å². The summed E-state index contributed by atoms with van der Waals surface area (Å²) < 4.78 is 17.4. The molecule has 5 nitrogen and oxygen atoms in total. The van der Waals surface area contributed by atoms with Crippen LogP contribution in [0.2, 0.25) is 0 Å². The second-order valence-corrected chi connectivity index (χ2v) is 6.88. The number of ether oxygens (including phenoxy) is 2. The van der Waals surface area contributed by atoms with Crippen molar-refractivity contribution in [3.8, 4) is 5.75 Å². The summed E-state index contributed by atoms with van der Waals surface area (Å²) >= 11 is 3.43. The van der Waals surface area contributed by atoms with Crippen molar-refractivity contribution in [2.24, 2.45) is 0 Å². The molecule has 0 spiro atoms. The Morgan fingerprint density at radius 1 is 1.12 bits per heavy atom. The van der Waals surface area contributed by atoms with Gasteiger partial charge in [-0.25, -0.2) is 4.79 Å². The summed E-state index contributed by atoms with van der Waals surface area (Å²) in [6.07, 6.45) is 3.76. The van der Waals surface area contributed by atoms with E-state index in [1.807, 2.05) is 24.3 Å². The zero-order chi connectivity index (χ0) is 17.5. The largest absolute Gasteiger partial charge is 0.484 e. The van der Waals surface area contributed by atoms with E-state index in [-0.39, 0.29) is 12.4 Å². The molecule has 1 fully saturated rings. The summed E-state index contributed by atoms with van der Waals surface area (Å²) in [5, 5.41) is 0. The molecule has 1 aromatic carbocycles. The lowest BCUT2D eigenvalue weighted by atomic mass is 10.1. The molecule has 1 aliphatic rings. The molecular weight excluding hydrogens is 386 g/mol. The lowest BCUT2D eigenvalue weighted by Gasteiger charge is -2.25. The highest BCUT2D eigenvalue weighted by Crippen LogP contribution is 2.25. The van der Waals surface area contributed by atoms with Crippen LogP contribution < -0.4 is 4.74 Å². The molecule has 134 valence electrons. The van der Waals surface area contributed by atoms with E-state index in [1.54, 1.807) is 12.1 Å². The second-order valence-electron chi connectivity index (χ2n) is 6.02. The first kappa shape index (κ1) is 18.0. The van der Waals surface area contributed by atoms with Crippen molar-refractivity contribution in [2.75, 3.05) is 26.2 Å². The molecule has 1 aromatic heterocycles. The van der Waals surface area contributed by atoms with E-state index in [0.29, 0.717) is 12.4 Å². The first-order valence-corrected chi connectivity index (χ1v) is 9.37. The molecular formula is C19H22BrNO4. The maximum absolute atomic E-state index is 12.0. The van der Waals surface area contributed by atoms with Crippen LogP contribution in [0.5, 0.6) is 5.75 Å². The summed E-state index contributed by atoms with van der Waals surface area (Å²) in [6.45, 7) is 3.61. The lowest BCUT2D eigenvalue weighted by molar-refractivity contribution is 0.0413. The van der Waals surface area contributed by atoms with Gasteiger partial charge in [0.25, 0.3) is 0 Å². The number of likely N-dealkylation sites (tertiary alicyclic amines) is 1. The Kier molecular flexibility index (Phi) is 6.53. The maximum Gasteiger partial charge on any atom is 0.374 e.